The van der Waals surface area contributed by atoms with Gasteiger partial charge < -0.3 is 5.11 Å². The predicted molar refractivity (Wildman–Crippen MR) is 107 cm³/mol. The van der Waals surface area contributed by atoms with Crippen molar-refractivity contribution in [2.24, 2.45) is 0 Å². The molecule has 1 heterocycles. The number of hydrogen-bond acceptors (Lipinski definition) is 4. The zero-order valence-electron chi connectivity index (χ0n) is 14.8. The first kappa shape index (κ1) is 21.2. The number of nitrogens with one attached hydrogen (secondary N) is 1. The summed E-state index contributed by atoms with van der Waals surface area (Å²) in [5.74, 6) is -0.778. The Labute approximate surface area is 165 Å². The largest absolute Gasteiger partial charge is 0.481 e. The Morgan fingerprint density at radius 1 is 1.11 bits per heavy atom. The van der Waals surface area contributed by atoms with Gasteiger partial charge in [-0.25, -0.2) is 8.42 Å². The van der Waals surface area contributed by atoms with Gasteiger partial charge in [0.2, 0.25) is 0 Å². The van der Waals surface area contributed by atoms with Crippen molar-refractivity contribution in [3.05, 3.63) is 59.7 Å². The third-order valence-electron chi connectivity index (χ3n) is 4.51. The molecular formula is C19H23ClN2O4S. The zero-order chi connectivity index (χ0) is 18.6. The van der Waals surface area contributed by atoms with Crippen LogP contribution >= 0.6 is 12.4 Å². The third-order valence-corrected chi connectivity index (χ3v) is 5.89. The summed E-state index contributed by atoms with van der Waals surface area (Å²) in [5.41, 5.74) is 2.72. The van der Waals surface area contributed by atoms with E-state index >= 15 is 0 Å². The number of carboxylic acids is 1. The van der Waals surface area contributed by atoms with E-state index in [1.807, 2.05) is 12.1 Å². The number of benzene rings is 2. The molecule has 0 amide bonds. The molecule has 146 valence electrons. The molecule has 0 saturated carbocycles. The van der Waals surface area contributed by atoms with Crippen LogP contribution in [0.5, 0.6) is 0 Å². The summed E-state index contributed by atoms with van der Waals surface area (Å²) in [7, 11) is -3.61. The van der Waals surface area contributed by atoms with Crippen LogP contribution in [-0.4, -0.2) is 37.5 Å². The van der Waals surface area contributed by atoms with Crippen molar-refractivity contribution in [2.45, 2.75) is 30.7 Å². The number of hydrogen-bond donors (Lipinski definition) is 2. The molecule has 0 spiro atoms. The molecule has 0 unspecified atom stereocenters. The number of fused-ring (bicyclic) bond motifs is 1. The second-order valence-corrected chi connectivity index (χ2v) is 8.07. The van der Waals surface area contributed by atoms with E-state index in [2.05, 4.69) is 9.62 Å². The Bertz CT molecular complexity index is 888. The minimum absolute atomic E-state index is 0. The van der Waals surface area contributed by atoms with Crippen LogP contribution in [0.1, 0.15) is 24.0 Å². The number of anilines is 1. The quantitative estimate of drug-likeness (QED) is 0.732. The fourth-order valence-corrected chi connectivity index (χ4v) is 4.33. The van der Waals surface area contributed by atoms with Gasteiger partial charge in [-0.05, 0) is 48.7 Å². The molecule has 1 aliphatic rings. The van der Waals surface area contributed by atoms with Gasteiger partial charge in [0.1, 0.15) is 0 Å². The molecular weight excluding hydrogens is 388 g/mol. The van der Waals surface area contributed by atoms with Crippen LogP contribution in [0.15, 0.2) is 53.4 Å². The highest BCUT2D eigenvalue weighted by molar-refractivity contribution is 7.92. The van der Waals surface area contributed by atoms with Gasteiger partial charge in [0.15, 0.2) is 0 Å². The molecule has 0 aliphatic carbocycles. The van der Waals surface area contributed by atoms with Gasteiger partial charge in [-0.15, -0.1) is 12.4 Å². The lowest BCUT2D eigenvalue weighted by Crippen LogP contribution is -2.32. The highest BCUT2D eigenvalue weighted by Crippen LogP contribution is 2.28. The van der Waals surface area contributed by atoms with Crippen LogP contribution in [0.4, 0.5) is 5.69 Å². The Morgan fingerprint density at radius 2 is 1.85 bits per heavy atom. The SMILES string of the molecule is Cl.O=C(O)CCCN1CCc2c(cccc2NS(=O)(=O)c2ccccc2)C1. The molecule has 0 fully saturated rings. The Kier molecular flexibility index (Phi) is 7.24. The number of carbonyl (C=O) groups is 1. The molecule has 2 aromatic carbocycles. The first-order valence-electron chi connectivity index (χ1n) is 8.58. The minimum Gasteiger partial charge on any atom is -0.481 e. The lowest BCUT2D eigenvalue weighted by atomic mass is 9.98. The maximum absolute atomic E-state index is 12.6. The van der Waals surface area contributed by atoms with Gasteiger partial charge in [-0.3, -0.25) is 14.4 Å². The van der Waals surface area contributed by atoms with Gasteiger partial charge in [0, 0.05) is 19.5 Å². The van der Waals surface area contributed by atoms with Gasteiger partial charge in [-0.2, -0.15) is 0 Å². The van der Waals surface area contributed by atoms with E-state index in [-0.39, 0.29) is 23.7 Å². The fourth-order valence-electron chi connectivity index (χ4n) is 3.21. The number of carboxylic acid groups (broad SMARTS) is 1. The molecule has 8 heteroatoms. The number of halogens is 1. The van der Waals surface area contributed by atoms with Crippen LogP contribution < -0.4 is 4.72 Å². The van der Waals surface area contributed by atoms with Crippen molar-refractivity contribution >= 4 is 34.1 Å². The molecule has 1 aliphatic heterocycles. The van der Waals surface area contributed by atoms with Gasteiger partial charge >= 0.3 is 5.97 Å². The molecule has 3 rings (SSSR count). The van der Waals surface area contributed by atoms with Crippen LogP contribution in [0.2, 0.25) is 0 Å². The van der Waals surface area contributed by atoms with Gasteiger partial charge in [0.05, 0.1) is 10.6 Å². The number of rotatable bonds is 7. The highest BCUT2D eigenvalue weighted by atomic mass is 35.5. The Balaban J connectivity index is 0.00000261. The van der Waals surface area contributed by atoms with Crippen molar-refractivity contribution in [1.82, 2.24) is 4.90 Å². The Morgan fingerprint density at radius 3 is 2.56 bits per heavy atom. The van der Waals surface area contributed by atoms with E-state index < -0.39 is 16.0 Å². The summed E-state index contributed by atoms with van der Waals surface area (Å²) in [4.78, 5) is 13.1. The van der Waals surface area contributed by atoms with Crippen molar-refractivity contribution in [3.8, 4) is 0 Å². The van der Waals surface area contributed by atoms with Crippen LogP contribution in [0.25, 0.3) is 0 Å². The Hall–Kier alpha value is -2.09. The van der Waals surface area contributed by atoms with Crippen molar-refractivity contribution in [3.63, 3.8) is 0 Å². The second-order valence-electron chi connectivity index (χ2n) is 6.39. The van der Waals surface area contributed by atoms with E-state index in [1.165, 1.54) is 0 Å². The second kappa shape index (κ2) is 9.21. The molecule has 0 radical (unpaired) electrons. The first-order chi connectivity index (χ1) is 12.5. The smallest absolute Gasteiger partial charge is 0.303 e. The maximum Gasteiger partial charge on any atom is 0.303 e. The lowest BCUT2D eigenvalue weighted by Gasteiger charge is -2.30. The van der Waals surface area contributed by atoms with Crippen LogP contribution in [0, 0.1) is 0 Å². The molecule has 0 atom stereocenters. The van der Waals surface area contributed by atoms with Crippen molar-refractivity contribution in [2.75, 3.05) is 17.8 Å². The minimum atomic E-state index is -3.61. The average molecular weight is 411 g/mol. The molecule has 6 nitrogen and oxygen atoms in total. The molecule has 0 aromatic heterocycles. The molecule has 0 bridgehead atoms. The van der Waals surface area contributed by atoms with E-state index in [9.17, 15) is 13.2 Å². The first-order valence-corrected chi connectivity index (χ1v) is 10.1. The van der Waals surface area contributed by atoms with E-state index in [4.69, 9.17) is 5.11 Å². The molecule has 2 aromatic rings. The third kappa shape index (κ3) is 5.45. The summed E-state index contributed by atoms with van der Waals surface area (Å²) in [6.07, 6.45) is 1.52. The van der Waals surface area contributed by atoms with E-state index in [1.54, 1.807) is 36.4 Å². The highest BCUT2D eigenvalue weighted by Gasteiger charge is 2.21. The van der Waals surface area contributed by atoms with E-state index in [0.717, 1.165) is 30.6 Å². The monoisotopic (exact) mass is 410 g/mol. The number of aliphatic carboxylic acids is 1. The van der Waals surface area contributed by atoms with Crippen LogP contribution in [-0.2, 0) is 27.8 Å². The standard InChI is InChI=1S/C19H22N2O4S.ClH/c22-19(23)10-5-12-21-13-11-17-15(14-21)6-4-9-18(17)20-26(24,25)16-7-2-1-3-8-16;/h1-4,6-9,20H,5,10-14H2,(H,22,23);1H. The lowest BCUT2D eigenvalue weighted by molar-refractivity contribution is -0.137. The zero-order valence-corrected chi connectivity index (χ0v) is 16.4. The van der Waals surface area contributed by atoms with Gasteiger partial charge in [-0.1, -0.05) is 30.3 Å². The summed E-state index contributed by atoms with van der Waals surface area (Å²) in [6.45, 7) is 2.22. The molecule has 2 N–H and O–H groups in total. The maximum atomic E-state index is 12.6. The topological polar surface area (TPSA) is 86.7 Å². The van der Waals surface area contributed by atoms with E-state index in [0.29, 0.717) is 18.7 Å². The van der Waals surface area contributed by atoms with Crippen molar-refractivity contribution < 1.29 is 18.3 Å². The summed E-state index contributed by atoms with van der Waals surface area (Å²) in [6, 6.07) is 14.0. The fraction of sp³-hybridized carbons (Fsp3) is 0.316. The predicted octanol–water partition coefficient (Wildman–Crippen LogP) is 3.13. The number of sulfonamides is 1. The summed E-state index contributed by atoms with van der Waals surface area (Å²) >= 11 is 0. The average Bonchev–Trinajstić information content (AvgIpc) is 2.62. The van der Waals surface area contributed by atoms with Crippen LogP contribution in [0.3, 0.4) is 0 Å². The molecule has 0 saturated heterocycles. The molecule has 27 heavy (non-hydrogen) atoms. The number of nitrogens with zero attached hydrogens (tertiary/aromatic N) is 1. The van der Waals surface area contributed by atoms with Crippen molar-refractivity contribution in [1.29, 1.82) is 0 Å². The van der Waals surface area contributed by atoms with Gasteiger partial charge in [0.25, 0.3) is 10.0 Å². The normalized spacial score (nSPS) is 14.1. The summed E-state index contributed by atoms with van der Waals surface area (Å²) in [5, 5.41) is 8.76. The summed E-state index contributed by atoms with van der Waals surface area (Å²) < 4.78 is 27.9.